The van der Waals surface area contributed by atoms with Crippen LogP contribution >= 0.6 is 0 Å². The van der Waals surface area contributed by atoms with Crippen molar-refractivity contribution in [2.75, 3.05) is 26.1 Å². The van der Waals surface area contributed by atoms with Crippen LogP contribution in [0.5, 0.6) is 11.5 Å². The van der Waals surface area contributed by atoms with Gasteiger partial charge in [-0.2, -0.15) is 0 Å². The number of nitrogens with zero attached hydrogens (tertiary/aromatic N) is 2. The average molecular weight is 421 g/mol. The number of methoxy groups -OCH3 is 2. The summed E-state index contributed by atoms with van der Waals surface area (Å²) in [5, 5.41) is 3.40. The highest BCUT2D eigenvalue weighted by Crippen LogP contribution is 2.44. The van der Waals surface area contributed by atoms with Crippen LogP contribution in [-0.4, -0.2) is 36.3 Å². The second-order valence-corrected chi connectivity index (χ2v) is 7.29. The number of esters is 1. The van der Waals surface area contributed by atoms with E-state index in [2.05, 4.69) is 12.2 Å². The van der Waals surface area contributed by atoms with Crippen LogP contribution in [0.3, 0.4) is 0 Å². The number of fused-ring (bicyclic) bond motifs is 3. The minimum atomic E-state index is -0.454. The molecule has 1 atom stereocenters. The third kappa shape index (κ3) is 3.60. The number of hydrogen-bond acceptors (Lipinski definition) is 6. The van der Waals surface area contributed by atoms with Gasteiger partial charge in [0.05, 0.1) is 43.5 Å². The van der Waals surface area contributed by atoms with E-state index in [9.17, 15) is 4.79 Å². The number of rotatable bonds is 7. The molecule has 0 spiro atoms. The van der Waals surface area contributed by atoms with Crippen LogP contribution < -0.4 is 14.8 Å². The van der Waals surface area contributed by atoms with Crippen molar-refractivity contribution in [3.05, 3.63) is 59.3 Å². The Bertz CT molecular complexity index is 1150. The number of hydrogen-bond donors (Lipinski definition) is 1. The van der Waals surface area contributed by atoms with E-state index in [-0.39, 0.29) is 5.97 Å². The molecule has 0 radical (unpaired) electrons. The molecule has 1 aliphatic heterocycles. The Balaban J connectivity index is 2.02. The van der Waals surface area contributed by atoms with E-state index in [1.165, 1.54) is 0 Å². The number of para-hydroxylation sites is 2. The standard InChI is InChI=1S/C24H27N3O4/c1-5-9-18-21(23(28)31-6-2)22(16-13-12-15(29-3)14-20(16)30-4)27-19-11-8-7-10-17(19)25-24(27)26-18/h7-8,10-14,22H,5-6,9H2,1-4H3,(H,25,26)/t22-/m0/s1. The van der Waals surface area contributed by atoms with Crippen LogP contribution in [0.15, 0.2) is 53.7 Å². The van der Waals surface area contributed by atoms with Gasteiger partial charge in [0.2, 0.25) is 5.95 Å². The number of imidazole rings is 1. The van der Waals surface area contributed by atoms with Crippen molar-refractivity contribution in [2.24, 2.45) is 0 Å². The van der Waals surface area contributed by atoms with Gasteiger partial charge >= 0.3 is 5.97 Å². The van der Waals surface area contributed by atoms with Gasteiger partial charge in [0.25, 0.3) is 0 Å². The number of aromatic nitrogens is 2. The minimum Gasteiger partial charge on any atom is -0.497 e. The van der Waals surface area contributed by atoms with Gasteiger partial charge in [-0.15, -0.1) is 0 Å². The van der Waals surface area contributed by atoms with E-state index < -0.39 is 6.04 Å². The molecule has 0 fully saturated rings. The average Bonchev–Trinajstić information content (AvgIpc) is 3.16. The lowest BCUT2D eigenvalue weighted by Gasteiger charge is -2.32. The van der Waals surface area contributed by atoms with Gasteiger partial charge in [-0.3, -0.25) is 4.57 Å². The van der Waals surface area contributed by atoms with Crippen LogP contribution in [0.1, 0.15) is 38.3 Å². The summed E-state index contributed by atoms with van der Waals surface area (Å²) in [5.74, 6) is 1.67. The second kappa shape index (κ2) is 8.71. The van der Waals surface area contributed by atoms with Crippen molar-refractivity contribution in [1.82, 2.24) is 9.55 Å². The van der Waals surface area contributed by atoms with Crippen LogP contribution in [-0.2, 0) is 9.53 Å². The molecule has 7 nitrogen and oxygen atoms in total. The molecule has 1 aromatic heterocycles. The minimum absolute atomic E-state index is 0.297. The summed E-state index contributed by atoms with van der Waals surface area (Å²) >= 11 is 0. The zero-order chi connectivity index (χ0) is 22.0. The van der Waals surface area contributed by atoms with Crippen molar-refractivity contribution in [1.29, 1.82) is 0 Å². The Labute approximate surface area is 181 Å². The third-order valence-corrected chi connectivity index (χ3v) is 5.45. The number of ether oxygens (including phenoxy) is 3. The summed E-state index contributed by atoms with van der Waals surface area (Å²) in [6.07, 6.45) is 1.57. The highest BCUT2D eigenvalue weighted by atomic mass is 16.5. The van der Waals surface area contributed by atoms with Crippen molar-refractivity contribution >= 4 is 23.0 Å². The van der Waals surface area contributed by atoms with E-state index >= 15 is 0 Å². The number of nitrogens with one attached hydrogen (secondary N) is 1. The smallest absolute Gasteiger partial charge is 0.338 e. The van der Waals surface area contributed by atoms with Crippen molar-refractivity contribution in [3.63, 3.8) is 0 Å². The molecule has 0 saturated carbocycles. The number of carbonyl (C=O) groups excluding carboxylic acids is 1. The molecule has 0 unspecified atom stereocenters. The number of carbonyl (C=O) groups is 1. The molecule has 1 N–H and O–H groups in total. The summed E-state index contributed by atoms with van der Waals surface area (Å²) in [6.45, 7) is 4.19. The second-order valence-electron chi connectivity index (χ2n) is 7.29. The molecule has 2 aromatic carbocycles. The molecule has 0 amide bonds. The van der Waals surface area contributed by atoms with E-state index in [4.69, 9.17) is 19.2 Å². The monoisotopic (exact) mass is 421 g/mol. The molecule has 0 saturated heterocycles. The molecule has 2 heterocycles. The van der Waals surface area contributed by atoms with Gasteiger partial charge in [-0.25, -0.2) is 9.78 Å². The van der Waals surface area contributed by atoms with Gasteiger partial charge in [-0.05, 0) is 37.6 Å². The molecule has 1 aliphatic rings. The largest absolute Gasteiger partial charge is 0.497 e. The van der Waals surface area contributed by atoms with E-state index in [0.29, 0.717) is 36.0 Å². The van der Waals surface area contributed by atoms with Crippen LogP contribution in [0.4, 0.5) is 5.95 Å². The zero-order valence-electron chi connectivity index (χ0n) is 18.3. The Morgan fingerprint density at radius 2 is 1.94 bits per heavy atom. The Kier molecular flexibility index (Phi) is 5.84. The first-order chi connectivity index (χ1) is 15.1. The molecular weight excluding hydrogens is 394 g/mol. The summed E-state index contributed by atoms with van der Waals surface area (Å²) in [7, 11) is 3.23. The number of anilines is 1. The van der Waals surface area contributed by atoms with Crippen LogP contribution in [0.25, 0.3) is 11.0 Å². The number of benzene rings is 2. The lowest BCUT2D eigenvalue weighted by Crippen LogP contribution is -2.30. The maximum Gasteiger partial charge on any atom is 0.338 e. The highest BCUT2D eigenvalue weighted by molar-refractivity contribution is 5.94. The first kappa shape index (κ1) is 20.8. The quantitative estimate of drug-likeness (QED) is 0.558. The number of allylic oxidation sites excluding steroid dienone is 1. The molecule has 3 aromatic rings. The summed E-state index contributed by atoms with van der Waals surface area (Å²) in [5.41, 5.74) is 4.01. The Morgan fingerprint density at radius 1 is 1.13 bits per heavy atom. The fourth-order valence-corrected chi connectivity index (χ4v) is 4.12. The predicted octanol–water partition coefficient (Wildman–Crippen LogP) is 4.69. The third-order valence-electron chi connectivity index (χ3n) is 5.45. The van der Waals surface area contributed by atoms with Crippen molar-refractivity contribution < 1.29 is 19.0 Å². The SMILES string of the molecule is CCCC1=C(C(=O)OCC)[C@H](c2ccc(OC)cc2OC)n2c(nc3ccccc32)N1. The summed E-state index contributed by atoms with van der Waals surface area (Å²) in [4.78, 5) is 18.0. The van der Waals surface area contributed by atoms with Gasteiger partial charge in [0.1, 0.15) is 11.5 Å². The molecular formula is C24H27N3O4. The Hall–Kier alpha value is -3.48. The van der Waals surface area contributed by atoms with Gasteiger partial charge in [0, 0.05) is 17.3 Å². The van der Waals surface area contributed by atoms with Gasteiger partial charge in [0.15, 0.2) is 0 Å². The summed E-state index contributed by atoms with van der Waals surface area (Å²) < 4.78 is 18.6. The molecule has 31 heavy (non-hydrogen) atoms. The van der Waals surface area contributed by atoms with Gasteiger partial charge in [-0.1, -0.05) is 25.5 Å². The van der Waals surface area contributed by atoms with Crippen LogP contribution in [0, 0.1) is 0 Å². The fourth-order valence-electron chi connectivity index (χ4n) is 4.12. The fraction of sp³-hybridized carbons (Fsp3) is 0.333. The molecule has 0 aliphatic carbocycles. The molecule has 7 heteroatoms. The lowest BCUT2D eigenvalue weighted by molar-refractivity contribution is -0.139. The van der Waals surface area contributed by atoms with Gasteiger partial charge < -0.3 is 19.5 Å². The van der Waals surface area contributed by atoms with Crippen molar-refractivity contribution in [2.45, 2.75) is 32.7 Å². The van der Waals surface area contributed by atoms with Crippen molar-refractivity contribution in [3.8, 4) is 11.5 Å². The predicted molar refractivity (Wildman–Crippen MR) is 120 cm³/mol. The maximum absolute atomic E-state index is 13.2. The summed E-state index contributed by atoms with van der Waals surface area (Å²) in [6, 6.07) is 13.1. The molecule has 4 rings (SSSR count). The molecule has 162 valence electrons. The van der Waals surface area contributed by atoms with E-state index in [0.717, 1.165) is 28.7 Å². The lowest BCUT2D eigenvalue weighted by atomic mass is 9.92. The highest BCUT2D eigenvalue weighted by Gasteiger charge is 2.37. The zero-order valence-corrected chi connectivity index (χ0v) is 18.3. The van der Waals surface area contributed by atoms with E-state index in [1.54, 1.807) is 14.2 Å². The van der Waals surface area contributed by atoms with Crippen LogP contribution in [0.2, 0.25) is 0 Å². The van der Waals surface area contributed by atoms with E-state index in [1.807, 2.05) is 54.0 Å². The topological polar surface area (TPSA) is 74.6 Å². The normalized spacial score (nSPS) is 15.4. The first-order valence-corrected chi connectivity index (χ1v) is 10.5. The first-order valence-electron chi connectivity index (χ1n) is 10.5. The maximum atomic E-state index is 13.2. The molecule has 0 bridgehead atoms. The Morgan fingerprint density at radius 3 is 2.65 bits per heavy atom.